The number of aromatic nitrogens is 2. The zero-order chi connectivity index (χ0) is 7.84. The average Bonchev–Trinajstić information content (AvgIpc) is 2.30. The van der Waals surface area contributed by atoms with Crippen molar-refractivity contribution in [2.24, 2.45) is 0 Å². The van der Waals surface area contributed by atoms with E-state index in [0.29, 0.717) is 0 Å². The van der Waals surface area contributed by atoms with E-state index >= 15 is 0 Å². The maximum atomic E-state index is 11.0. The van der Waals surface area contributed by atoms with Crippen LogP contribution in [0.3, 0.4) is 0 Å². The highest BCUT2D eigenvalue weighted by Crippen LogP contribution is 2.05. The molecule has 0 unspecified atom stereocenters. The van der Waals surface area contributed by atoms with Crippen molar-refractivity contribution >= 4 is 27.5 Å². The zero-order valence-corrected chi connectivity index (χ0v) is 6.90. The SMILES string of the molecule is O=c1[nH]c2ccccc2[n]1[Al]. The molecule has 0 aliphatic carbocycles. The number of aromatic amines is 1. The molecule has 1 aromatic heterocycles. The third kappa shape index (κ3) is 0.917. The summed E-state index contributed by atoms with van der Waals surface area (Å²) in [5.41, 5.74) is 1.67. The lowest BCUT2D eigenvalue weighted by molar-refractivity contribution is 1.13. The lowest BCUT2D eigenvalue weighted by Crippen LogP contribution is -2.13. The van der Waals surface area contributed by atoms with E-state index in [2.05, 4.69) is 21.5 Å². The molecule has 1 heterocycles. The van der Waals surface area contributed by atoms with Gasteiger partial charge in [0.25, 0.3) is 0 Å². The summed E-state index contributed by atoms with van der Waals surface area (Å²) in [6, 6.07) is 7.55. The van der Waals surface area contributed by atoms with Crippen LogP contribution in [0.15, 0.2) is 29.1 Å². The zero-order valence-electron chi connectivity index (χ0n) is 5.74. The van der Waals surface area contributed by atoms with Gasteiger partial charge in [0.1, 0.15) is 0 Å². The monoisotopic (exact) mass is 160 g/mol. The Morgan fingerprint density at radius 2 is 2.09 bits per heavy atom. The molecule has 2 radical (unpaired) electrons. The van der Waals surface area contributed by atoms with Crippen LogP contribution in [-0.2, 0) is 0 Å². The van der Waals surface area contributed by atoms with E-state index in [9.17, 15) is 4.79 Å². The molecular weight excluding hydrogens is 155 g/mol. The highest BCUT2D eigenvalue weighted by molar-refractivity contribution is 6.10. The first-order chi connectivity index (χ1) is 5.29. The summed E-state index contributed by atoms with van der Waals surface area (Å²) in [7, 11) is 0. The maximum Gasteiger partial charge on any atom is 0.326 e. The van der Waals surface area contributed by atoms with Gasteiger partial charge in [-0.15, -0.1) is 0 Å². The molecule has 2 rings (SSSR count). The molecule has 0 amide bonds. The Bertz CT molecular complexity index is 443. The summed E-state index contributed by atoms with van der Waals surface area (Å²) in [4.78, 5) is 13.7. The van der Waals surface area contributed by atoms with Crippen LogP contribution in [0, 0.1) is 0 Å². The van der Waals surface area contributed by atoms with Crippen LogP contribution < -0.4 is 5.69 Å². The first kappa shape index (κ1) is 6.72. The number of hydrogen-bond acceptors (Lipinski definition) is 1. The summed E-state index contributed by atoms with van der Waals surface area (Å²) < 4.78 is 1.51. The van der Waals surface area contributed by atoms with Crippen molar-refractivity contribution in [3.05, 3.63) is 34.7 Å². The molecule has 0 atom stereocenters. The minimum absolute atomic E-state index is 0.101. The maximum absolute atomic E-state index is 11.0. The smallest absolute Gasteiger partial charge is 0.326 e. The van der Waals surface area contributed by atoms with Crippen molar-refractivity contribution in [1.29, 1.82) is 0 Å². The minimum atomic E-state index is -0.101. The van der Waals surface area contributed by atoms with Crippen LogP contribution in [0.4, 0.5) is 0 Å². The second-order valence-electron chi connectivity index (χ2n) is 2.32. The molecule has 0 spiro atoms. The molecule has 0 saturated carbocycles. The Morgan fingerprint density at radius 3 is 2.82 bits per heavy atom. The van der Waals surface area contributed by atoms with Crippen LogP contribution in [0.1, 0.15) is 0 Å². The number of rotatable bonds is 0. The van der Waals surface area contributed by atoms with Gasteiger partial charge >= 0.3 is 22.2 Å². The largest absolute Gasteiger partial charge is 0.406 e. The topological polar surface area (TPSA) is 37.8 Å². The number of hydrogen-bond donors (Lipinski definition) is 1. The molecule has 0 bridgehead atoms. The number of para-hydroxylation sites is 2. The van der Waals surface area contributed by atoms with E-state index in [0.717, 1.165) is 11.0 Å². The van der Waals surface area contributed by atoms with E-state index in [4.69, 9.17) is 0 Å². The molecule has 2 aromatic rings. The number of nitrogens with zero attached hydrogens (tertiary/aromatic N) is 1. The number of imidazole rings is 1. The van der Waals surface area contributed by atoms with Gasteiger partial charge in [0.05, 0.1) is 5.52 Å². The predicted octanol–water partition coefficient (Wildman–Crippen LogP) is 0.261. The fraction of sp³-hybridized carbons (Fsp3) is 0. The standard InChI is InChI=1S/C7H6N2O.Al/c10-7-8-5-3-1-2-4-6(5)9-7;/h1-4H,(H2,8,9,10);/q;+1/p-1. The number of H-pyrrole nitrogens is 1. The third-order valence-electron chi connectivity index (χ3n) is 1.62. The molecule has 0 fully saturated rings. The Morgan fingerprint density at radius 1 is 1.36 bits per heavy atom. The fourth-order valence-corrected chi connectivity index (χ4v) is 1.36. The van der Waals surface area contributed by atoms with Crippen molar-refractivity contribution in [2.45, 2.75) is 0 Å². The van der Waals surface area contributed by atoms with E-state index in [1.807, 2.05) is 24.3 Å². The minimum Gasteiger partial charge on any atom is -0.406 e. The number of nitrogens with one attached hydrogen (secondary N) is 1. The normalized spacial score (nSPS) is 10.5. The van der Waals surface area contributed by atoms with Crippen LogP contribution >= 0.6 is 0 Å². The molecule has 3 nitrogen and oxygen atoms in total. The Balaban J connectivity index is 3.04. The molecule has 0 saturated heterocycles. The second-order valence-corrected chi connectivity index (χ2v) is 2.83. The highest BCUT2D eigenvalue weighted by atomic mass is 27.1. The summed E-state index contributed by atoms with van der Waals surface area (Å²) in [5, 5.41) is 0. The molecule has 1 aromatic carbocycles. The van der Waals surface area contributed by atoms with Gasteiger partial charge in [0.15, 0.2) is 0 Å². The van der Waals surface area contributed by atoms with Crippen LogP contribution in [0.2, 0.25) is 0 Å². The van der Waals surface area contributed by atoms with E-state index in [1.165, 1.54) is 3.55 Å². The van der Waals surface area contributed by atoms with Gasteiger partial charge in [0, 0.05) is 5.52 Å². The Hall–Kier alpha value is -0.978. The summed E-state index contributed by atoms with van der Waals surface area (Å²) >= 11 is 2.36. The molecular formula is C7H5AlN2O. The van der Waals surface area contributed by atoms with Gasteiger partial charge in [-0.3, -0.25) is 4.79 Å². The van der Waals surface area contributed by atoms with Gasteiger partial charge in [-0.2, -0.15) is 0 Å². The Labute approximate surface area is 71.3 Å². The van der Waals surface area contributed by atoms with Crippen LogP contribution in [-0.4, -0.2) is 25.0 Å². The Kier molecular flexibility index (Phi) is 1.38. The second kappa shape index (κ2) is 2.26. The van der Waals surface area contributed by atoms with Crippen molar-refractivity contribution in [3.63, 3.8) is 0 Å². The van der Waals surface area contributed by atoms with Crippen LogP contribution in [0.25, 0.3) is 11.0 Å². The van der Waals surface area contributed by atoms with E-state index in [1.54, 1.807) is 0 Å². The van der Waals surface area contributed by atoms with Gasteiger partial charge in [-0.1, -0.05) is 12.1 Å². The van der Waals surface area contributed by atoms with Crippen molar-refractivity contribution < 1.29 is 0 Å². The highest BCUT2D eigenvalue weighted by Gasteiger charge is 1.97. The van der Waals surface area contributed by atoms with E-state index < -0.39 is 0 Å². The predicted molar refractivity (Wildman–Crippen MR) is 43.7 cm³/mol. The fourth-order valence-electron chi connectivity index (χ4n) is 1.07. The summed E-state index contributed by atoms with van der Waals surface area (Å²) in [5.74, 6) is 0. The van der Waals surface area contributed by atoms with Crippen LogP contribution in [0.5, 0.6) is 0 Å². The number of fused-ring (bicyclic) bond motifs is 1. The lowest BCUT2D eigenvalue weighted by atomic mass is 10.3. The van der Waals surface area contributed by atoms with Gasteiger partial charge < -0.3 is 8.53 Å². The molecule has 4 heteroatoms. The van der Waals surface area contributed by atoms with Crippen molar-refractivity contribution in [3.8, 4) is 0 Å². The first-order valence-corrected chi connectivity index (χ1v) is 3.75. The summed E-state index contributed by atoms with van der Waals surface area (Å²) in [6.45, 7) is 0. The van der Waals surface area contributed by atoms with Crippen molar-refractivity contribution in [1.82, 2.24) is 8.53 Å². The van der Waals surface area contributed by atoms with Gasteiger partial charge in [0.2, 0.25) is 0 Å². The van der Waals surface area contributed by atoms with E-state index in [-0.39, 0.29) is 5.69 Å². The van der Waals surface area contributed by atoms with Gasteiger partial charge in [-0.05, 0) is 12.1 Å². The third-order valence-corrected chi connectivity index (χ3v) is 2.14. The first-order valence-electron chi connectivity index (χ1n) is 3.24. The quantitative estimate of drug-likeness (QED) is 0.551. The molecule has 1 N–H and O–H groups in total. The molecule has 0 aliphatic rings. The van der Waals surface area contributed by atoms with Crippen molar-refractivity contribution in [2.75, 3.05) is 0 Å². The average molecular weight is 160 g/mol. The molecule has 11 heavy (non-hydrogen) atoms. The number of benzene rings is 1. The van der Waals surface area contributed by atoms with Gasteiger partial charge in [-0.25, -0.2) is 0 Å². The molecule has 0 aliphatic heterocycles. The summed E-state index contributed by atoms with van der Waals surface area (Å²) in [6.07, 6.45) is 0. The lowest BCUT2D eigenvalue weighted by Gasteiger charge is -1.91. The molecule has 52 valence electrons.